The molecule has 5 N–H and O–H groups in total. The maximum atomic E-state index is 13.4. The van der Waals surface area contributed by atoms with Crippen LogP contribution in [0.1, 0.15) is 126 Å². The number of pyridine rings is 4. The molecule has 704 valence electrons. The second-order valence-corrected chi connectivity index (χ2v) is 31.8. The first kappa shape index (κ1) is 97.6. The van der Waals surface area contributed by atoms with E-state index >= 15 is 0 Å². The second kappa shape index (κ2) is 40.3. The first-order valence-corrected chi connectivity index (χ1v) is 41.2. The van der Waals surface area contributed by atoms with E-state index in [1.807, 2.05) is 60.8 Å². The van der Waals surface area contributed by atoms with E-state index in [0.29, 0.717) is 80.3 Å². The quantitative estimate of drug-likeness (QED) is 0.0190. The number of halogens is 20. The number of aryl methyl sites for hydroxylation is 1. The van der Waals surface area contributed by atoms with Crippen LogP contribution in [0.3, 0.4) is 0 Å². The van der Waals surface area contributed by atoms with Gasteiger partial charge in [0.1, 0.15) is 5.69 Å². The summed E-state index contributed by atoms with van der Waals surface area (Å²) in [7, 11) is 0. The maximum Gasteiger partial charge on any atom is 0.430 e. The summed E-state index contributed by atoms with van der Waals surface area (Å²) in [6, 6.07) is 44.5. The van der Waals surface area contributed by atoms with Crippen molar-refractivity contribution in [2.45, 2.75) is 145 Å². The zero-order chi connectivity index (χ0) is 96.7. The highest BCUT2D eigenvalue weighted by Crippen LogP contribution is 2.53. The molecule has 5 aliphatic rings. The Balaban J connectivity index is 0.000000153. The highest BCUT2D eigenvalue weighted by Gasteiger charge is 2.72. The molecule has 0 radical (unpaired) electrons. The van der Waals surface area contributed by atoms with Gasteiger partial charge in [0.15, 0.2) is 47.8 Å². The van der Waals surface area contributed by atoms with Crippen LogP contribution in [0.25, 0.3) is 22.2 Å². The summed E-state index contributed by atoms with van der Waals surface area (Å²) in [6.07, 6.45) is -10.9. The Morgan fingerprint density at radius 2 is 1.11 bits per heavy atom. The van der Waals surface area contributed by atoms with Crippen LogP contribution >= 0.6 is 11.3 Å². The average molecular weight is 1910 g/mol. The molecule has 0 saturated heterocycles. The summed E-state index contributed by atoms with van der Waals surface area (Å²) >= 11 is 1.74. The number of rotatable bonds is 24. The molecule has 0 spiro atoms. The number of nitrogens with two attached hydrogens (primary N) is 1. The van der Waals surface area contributed by atoms with Crippen molar-refractivity contribution in [3.8, 4) is 34.3 Å². The molecule has 16 rings (SSSR count). The standard InChI is InChI=1S/C25H19F10NO4.C24H17F10NO4.C23H19N5O2.C20H19N3OS/c1-13-12-36(38)9-8-15(13)10-18(16-4-7-19(39-21(26)27)20(11-16)40-22(28)29)14-2-5-17(6-3-14)23(37,24(30,31)32)25(33,34)35;25-20(26)38-18-6-3-15(12-19(18)39-21(27)28)17(11-13-7-9-35(37)10-8-13)14-1-4-16(5-2-14)22(36,23(29,30)31)24(32,33)34;24-17-11-15-8-10-28-20(15)18(12-17)19(14-5-2-1-3-6-14)26-21(23(28)30)27-22(29)16-7-4-9-25-13-16;24-20-17-13-22(12-15-8-5-11-25-15)18-10-4-3-9-16(18)19(17)21-23(20)14-6-1-2-7-14/h2-9,11-12,18,21-22,37H,10H2,1H3;1-10,12,17,20-21,36H,11H2;1-7,9,11-13,21H,8,10,24H2,(H,27,29);3-5,8-11,13-14H,1-2,6-7,12H2/t;;21-;/m..0./s1. The predicted molar refractivity (Wildman–Crippen MR) is 447 cm³/mol. The van der Waals surface area contributed by atoms with Gasteiger partial charge in [0.25, 0.3) is 28.6 Å². The SMILES string of the molecule is Cc1c[n+]([O-])ccc1CC(c1ccc(C(O)(C(F)(F)F)C(F)(F)F)cc1)c1ccc(OC(F)F)c(OC(F)F)c1.Nc1cc2c3c(c1)C(c1ccccc1)=N[C@@H](NC(=O)c1cccnc1)C(=O)N3CC2.O=c1c2cn(Cc3cccs3)c3ccccc3c-2nn1C1CCCC1.[O-][n+]1ccc(CC(c2ccc(C(O)(C(F)(F)F)C(F)(F)F)cc2)c2ccc(OC(F)F)c(OC(F)F)c2)cc1. The van der Waals surface area contributed by atoms with Crippen molar-refractivity contribution in [1.82, 2.24) is 24.6 Å². The Bertz CT molecular complexity index is 6300. The molecule has 1 fully saturated rings. The number of nitrogens with zero attached hydrogens (tertiary/aromatic N) is 8. The molecule has 7 aromatic carbocycles. The molecule has 42 heteroatoms. The van der Waals surface area contributed by atoms with Gasteiger partial charge < -0.3 is 60.1 Å². The van der Waals surface area contributed by atoms with Crippen molar-refractivity contribution in [2.24, 2.45) is 4.99 Å². The highest BCUT2D eigenvalue weighted by atomic mass is 32.1. The number of carbonyl (C=O) groups excluding carboxylic acids is 2. The van der Waals surface area contributed by atoms with Crippen molar-refractivity contribution in [3.63, 3.8) is 0 Å². The lowest BCUT2D eigenvalue weighted by Gasteiger charge is -2.33. The molecule has 134 heavy (non-hydrogen) atoms. The average Bonchev–Trinajstić information content (AvgIpc) is 1.17. The molecular formula is C92H74F20N10O11S. The van der Waals surface area contributed by atoms with Gasteiger partial charge in [-0.25, -0.2) is 9.67 Å². The van der Waals surface area contributed by atoms with Gasteiger partial charge in [0.05, 0.1) is 40.6 Å². The van der Waals surface area contributed by atoms with Gasteiger partial charge in [-0.15, -0.1) is 11.3 Å². The van der Waals surface area contributed by atoms with Crippen LogP contribution in [-0.2, 0) is 41.8 Å². The summed E-state index contributed by atoms with van der Waals surface area (Å²) in [6.45, 7) is -10.9. The van der Waals surface area contributed by atoms with Gasteiger partial charge in [0.2, 0.25) is 6.17 Å². The van der Waals surface area contributed by atoms with Crippen molar-refractivity contribution >= 4 is 51.1 Å². The van der Waals surface area contributed by atoms with Gasteiger partial charge in [-0.1, -0.05) is 128 Å². The number of ether oxygens (including phenoxy) is 4. The number of aliphatic imine (C=N–C) groups is 1. The molecule has 1 saturated carbocycles. The minimum absolute atomic E-state index is 0.0508. The first-order chi connectivity index (χ1) is 63.4. The zero-order valence-electron chi connectivity index (χ0n) is 69.3. The minimum Gasteiger partial charge on any atom is -0.619 e. The molecular weight excluding hydrogens is 1830 g/mol. The normalized spacial score (nSPS) is 14.7. The van der Waals surface area contributed by atoms with E-state index in [-0.39, 0.29) is 52.6 Å². The Morgan fingerprint density at radius 3 is 1.63 bits per heavy atom. The van der Waals surface area contributed by atoms with Gasteiger partial charge in [-0.05, 0) is 144 Å². The molecule has 2 amide bonds. The largest absolute Gasteiger partial charge is 0.619 e. The highest BCUT2D eigenvalue weighted by molar-refractivity contribution is 7.09. The number of carbonyl (C=O) groups is 2. The topological polar surface area (TPSA) is 272 Å². The van der Waals surface area contributed by atoms with Gasteiger partial charge in [-0.3, -0.25) is 19.4 Å². The van der Waals surface area contributed by atoms with E-state index in [2.05, 4.69) is 63.5 Å². The van der Waals surface area contributed by atoms with Gasteiger partial charge >= 0.3 is 51.2 Å². The Hall–Kier alpha value is -13.9. The molecule has 2 unspecified atom stereocenters. The number of anilines is 2. The Kier molecular flexibility index (Phi) is 29.3. The lowest BCUT2D eigenvalue weighted by molar-refractivity contribution is -0.605. The van der Waals surface area contributed by atoms with E-state index < -0.39 is 120 Å². The molecule has 8 heterocycles. The number of amides is 2. The van der Waals surface area contributed by atoms with E-state index in [9.17, 15) is 123 Å². The maximum absolute atomic E-state index is 13.4. The third-order valence-corrected chi connectivity index (χ3v) is 23.1. The van der Waals surface area contributed by atoms with Crippen LogP contribution < -0.4 is 49.9 Å². The molecule has 4 aromatic heterocycles. The fraction of sp³-hybridized carbons (Fsp3) is 0.261. The number of hydrogen-bond donors (Lipinski definition) is 4. The number of aliphatic hydroxyl groups is 2. The first-order valence-electron chi connectivity index (χ1n) is 40.4. The summed E-state index contributed by atoms with van der Waals surface area (Å²) in [4.78, 5) is 50.8. The van der Waals surface area contributed by atoms with Crippen molar-refractivity contribution in [3.05, 3.63) is 341 Å². The van der Waals surface area contributed by atoms with Gasteiger partial charge in [-0.2, -0.15) is 102 Å². The van der Waals surface area contributed by atoms with Crippen LogP contribution in [0.5, 0.6) is 23.0 Å². The number of alkyl halides is 20. The molecule has 4 aliphatic heterocycles. The van der Waals surface area contributed by atoms with Crippen LogP contribution in [0.4, 0.5) is 99.2 Å². The van der Waals surface area contributed by atoms with E-state index in [1.54, 1.807) is 46.2 Å². The number of para-hydroxylation sites is 1. The Morgan fingerprint density at radius 1 is 0.590 bits per heavy atom. The number of thiophene rings is 1. The minimum atomic E-state index is -6.12. The smallest absolute Gasteiger partial charge is 0.430 e. The van der Waals surface area contributed by atoms with E-state index in [4.69, 9.17) is 15.8 Å². The van der Waals surface area contributed by atoms with E-state index in [0.717, 1.165) is 137 Å². The number of hydrogen-bond acceptors (Lipinski definition) is 16. The number of benzene rings is 7. The fourth-order valence-corrected chi connectivity index (χ4v) is 16.6. The lowest BCUT2D eigenvalue weighted by Crippen LogP contribution is -2.53. The van der Waals surface area contributed by atoms with Crippen LogP contribution in [0.2, 0.25) is 0 Å². The Labute approximate surface area is 750 Å². The van der Waals surface area contributed by atoms with Crippen molar-refractivity contribution < 1.29 is 136 Å². The molecule has 3 atom stereocenters. The van der Waals surface area contributed by atoms with Crippen molar-refractivity contribution in [2.75, 3.05) is 17.2 Å². The predicted octanol–water partition coefficient (Wildman–Crippen LogP) is 19.4. The van der Waals surface area contributed by atoms with Gasteiger partial charge in [0, 0.05) is 98.9 Å². The van der Waals surface area contributed by atoms with E-state index in [1.165, 1.54) is 54.4 Å². The number of fused-ring (bicyclic) bond motifs is 3. The summed E-state index contributed by atoms with van der Waals surface area (Å²) in [5.74, 6) is -5.77. The molecule has 21 nitrogen and oxygen atoms in total. The third-order valence-electron chi connectivity index (χ3n) is 22.3. The van der Waals surface area contributed by atoms with Crippen LogP contribution in [0, 0.1) is 17.3 Å². The van der Waals surface area contributed by atoms with Crippen molar-refractivity contribution in [1.29, 1.82) is 0 Å². The third kappa shape index (κ3) is 21.7. The lowest BCUT2D eigenvalue weighted by atomic mass is 9.83. The monoisotopic (exact) mass is 1910 g/mol. The summed E-state index contributed by atoms with van der Waals surface area (Å²) in [5, 5.41) is 52.9. The second-order valence-electron chi connectivity index (χ2n) is 30.8. The van der Waals surface area contributed by atoms with Crippen LogP contribution in [0.15, 0.2) is 253 Å². The number of aromatic nitrogens is 6. The summed E-state index contributed by atoms with van der Waals surface area (Å²) < 4.78 is 284. The summed E-state index contributed by atoms with van der Waals surface area (Å²) in [5.41, 5.74) is 2.24. The van der Waals surface area contributed by atoms with Crippen LogP contribution in [-0.4, -0.2) is 111 Å². The number of nitrogens with one attached hydrogen (secondary N) is 1. The number of nitrogen functional groups attached to an aromatic ring is 1. The molecule has 0 bridgehead atoms. The zero-order valence-corrected chi connectivity index (χ0v) is 70.1. The molecule has 1 aliphatic carbocycles. The molecule has 11 aromatic rings. The fourth-order valence-electron chi connectivity index (χ4n) is 15.9.